The van der Waals surface area contributed by atoms with E-state index in [1.54, 1.807) is 0 Å². The normalized spacial score (nSPS) is 17.2. The van der Waals surface area contributed by atoms with E-state index in [9.17, 15) is 4.39 Å². The molecule has 1 N–H and O–H groups in total. The summed E-state index contributed by atoms with van der Waals surface area (Å²) < 4.78 is 18.8. The van der Waals surface area contributed by atoms with Gasteiger partial charge in [0.1, 0.15) is 11.6 Å². The Morgan fingerprint density at radius 2 is 1.85 bits per heavy atom. The van der Waals surface area contributed by atoms with Gasteiger partial charge in [-0.25, -0.2) is 4.39 Å². The predicted molar refractivity (Wildman–Crippen MR) is 79.3 cm³/mol. The molecule has 2 aromatic carbocycles. The van der Waals surface area contributed by atoms with Gasteiger partial charge in [-0.3, -0.25) is 0 Å². The minimum Gasteiger partial charge on any atom is -0.493 e. The van der Waals surface area contributed by atoms with Gasteiger partial charge in [0.15, 0.2) is 0 Å². The molecule has 1 heterocycles. The van der Waals surface area contributed by atoms with Crippen LogP contribution in [-0.2, 0) is 0 Å². The molecule has 1 aliphatic heterocycles. The highest BCUT2D eigenvalue weighted by atomic mass is 35.5. The fourth-order valence-electron chi connectivity index (χ4n) is 2.35. The number of ether oxygens (including phenoxy) is 1. The molecular weight excluding hydrogens is 300 g/mol. The number of rotatable bonds is 2. The van der Waals surface area contributed by atoms with Gasteiger partial charge in [0.25, 0.3) is 0 Å². The maximum Gasteiger partial charge on any atom is 0.126 e. The fraction of sp³-hybridized carbons (Fsp3) is 0.200. The summed E-state index contributed by atoms with van der Waals surface area (Å²) in [6.45, 7) is 0.616. The molecule has 0 fully saturated rings. The Labute approximate surface area is 126 Å². The highest BCUT2D eigenvalue weighted by Crippen LogP contribution is 2.38. The molecule has 5 heteroatoms. The summed E-state index contributed by atoms with van der Waals surface area (Å²) in [5, 5.41) is 3.84. The third-order valence-corrected chi connectivity index (χ3v) is 3.88. The molecule has 0 spiro atoms. The smallest absolute Gasteiger partial charge is 0.126 e. The van der Waals surface area contributed by atoms with Crippen LogP contribution in [0.15, 0.2) is 36.4 Å². The monoisotopic (exact) mass is 311 g/mol. The maximum atomic E-state index is 13.2. The third-order valence-electron chi connectivity index (χ3n) is 3.28. The van der Waals surface area contributed by atoms with Crippen molar-refractivity contribution < 1.29 is 9.13 Å². The van der Waals surface area contributed by atoms with Crippen molar-refractivity contribution in [1.29, 1.82) is 0 Å². The molecule has 0 bridgehead atoms. The molecule has 104 valence electrons. The minimum atomic E-state index is -0.446. The maximum absolute atomic E-state index is 13.2. The molecule has 0 saturated heterocycles. The number of hydrogen-bond acceptors (Lipinski definition) is 2. The summed E-state index contributed by atoms with van der Waals surface area (Å²) in [5.41, 5.74) is 1.60. The molecule has 0 amide bonds. The van der Waals surface area contributed by atoms with Gasteiger partial charge in [-0.15, -0.1) is 0 Å². The van der Waals surface area contributed by atoms with E-state index < -0.39 is 5.82 Å². The van der Waals surface area contributed by atoms with Crippen molar-refractivity contribution >= 4 is 28.9 Å². The first-order valence-electron chi connectivity index (χ1n) is 6.28. The largest absolute Gasteiger partial charge is 0.493 e. The third kappa shape index (κ3) is 2.56. The van der Waals surface area contributed by atoms with E-state index in [-0.39, 0.29) is 16.1 Å². The lowest BCUT2D eigenvalue weighted by molar-refractivity contribution is 0.274. The fourth-order valence-corrected chi connectivity index (χ4v) is 2.92. The van der Waals surface area contributed by atoms with Gasteiger partial charge in [0.2, 0.25) is 0 Å². The molecule has 0 saturated carbocycles. The number of anilines is 1. The zero-order chi connectivity index (χ0) is 14.1. The van der Waals surface area contributed by atoms with Crippen LogP contribution in [0.2, 0.25) is 10.0 Å². The summed E-state index contributed by atoms with van der Waals surface area (Å²) in [5.74, 6) is 0.406. The highest BCUT2D eigenvalue weighted by molar-refractivity contribution is 6.39. The average Bonchev–Trinajstić information content (AvgIpc) is 2.43. The molecule has 2 nitrogen and oxygen atoms in total. The van der Waals surface area contributed by atoms with Crippen LogP contribution in [0.4, 0.5) is 10.1 Å². The van der Waals surface area contributed by atoms with Gasteiger partial charge in [-0.05, 0) is 18.2 Å². The van der Waals surface area contributed by atoms with Crippen LogP contribution >= 0.6 is 23.2 Å². The van der Waals surface area contributed by atoms with Gasteiger partial charge in [-0.1, -0.05) is 41.4 Å². The Morgan fingerprint density at radius 3 is 2.60 bits per heavy atom. The molecule has 0 radical (unpaired) electrons. The van der Waals surface area contributed by atoms with Crippen LogP contribution in [0.3, 0.4) is 0 Å². The first kappa shape index (κ1) is 13.5. The van der Waals surface area contributed by atoms with E-state index in [0.29, 0.717) is 12.3 Å². The number of hydrogen-bond donors (Lipinski definition) is 1. The number of para-hydroxylation sites is 1. The first-order chi connectivity index (χ1) is 9.65. The molecule has 0 aliphatic carbocycles. The van der Waals surface area contributed by atoms with Crippen LogP contribution in [0, 0.1) is 5.82 Å². The van der Waals surface area contributed by atoms with Gasteiger partial charge in [-0.2, -0.15) is 0 Å². The van der Waals surface area contributed by atoms with Gasteiger partial charge >= 0.3 is 0 Å². The van der Waals surface area contributed by atoms with Gasteiger partial charge in [0, 0.05) is 12.0 Å². The van der Waals surface area contributed by atoms with E-state index in [4.69, 9.17) is 27.9 Å². The first-order valence-corrected chi connectivity index (χ1v) is 7.03. The molecule has 3 rings (SSSR count). The summed E-state index contributed by atoms with van der Waals surface area (Å²) in [7, 11) is 0. The van der Waals surface area contributed by atoms with Crippen molar-refractivity contribution in [2.75, 3.05) is 11.9 Å². The molecule has 20 heavy (non-hydrogen) atoms. The summed E-state index contributed by atoms with van der Waals surface area (Å²) >= 11 is 12.1. The van der Waals surface area contributed by atoms with Crippen LogP contribution in [0.25, 0.3) is 0 Å². The Morgan fingerprint density at radius 1 is 1.15 bits per heavy atom. The SMILES string of the molecule is Fc1cc(Cl)c(NC2CCOc3ccccc32)c(Cl)c1. The molecule has 2 aromatic rings. The van der Waals surface area contributed by atoms with E-state index in [1.807, 2.05) is 24.3 Å². The van der Waals surface area contributed by atoms with Crippen LogP contribution in [0.5, 0.6) is 5.75 Å². The van der Waals surface area contributed by atoms with Crippen molar-refractivity contribution in [1.82, 2.24) is 0 Å². The van der Waals surface area contributed by atoms with Crippen molar-refractivity contribution in [3.05, 3.63) is 57.8 Å². The molecule has 1 atom stereocenters. The molecule has 0 aromatic heterocycles. The van der Waals surface area contributed by atoms with Crippen molar-refractivity contribution in [2.45, 2.75) is 12.5 Å². The summed E-state index contributed by atoms with van der Waals surface area (Å²) in [6.07, 6.45) is 0.793. The average molecular weight is 312 g/mol. The zero-order valence-electron chi connectivity index (χ0n) is 10.5. The number of nitrogens with one attached hydrogen (secondary N) is 1. The van der Waals surface area contributed by atoms with Gasteiger partial charge < -0.3 is 10.1 Å². The van der Waals surface area contributed by atoms with Crippen LogP contribution in [-0.4, -0.2) is 6.61 Å². The van der Waals surface area contributed by atoms with Crippen molar-refractivity contribution in [3.8, 4) is 5.75 Å². The molecular formula is C15H12Cl2FNO. The second-order valence-corrected chi connectivity index (χ2v) is 5.43. The molecule has 1 unspecified atom stereocenters. The summed E-state index contributed by atoms with van der Waals surface area (Å²) in [4.78, 5) is 0. The Balaban J connectivity index is 1.94. The highest BCUT2D eigenvalue weighted by Gasteiger charge is 2.22. The lowest BCUT2D eigenvalue weighted by Gasteiger charge is -2.28. The summed E-state index contributed by atoms with van der Waals surface area (Å²) in [6, 6.07) is 10.4. The van der Waals surface area contributed by atoms with Crippen molar-refractivity contribution in [3.63, 3.8) is 0 Å². The predicted octanol–water partition coefficient (Wildman–Crippen LogP) is 5.07. The Hall–Kier alpha value is -1.45. The Kier molecular flexibility index (Phi) is 3.72. The lowest BCUT2D eigenvalue weighted by atomic mass is 10.0. The minimum absolute atomic E-state index is 0.0420. The molecule has 1 aliphatic rings. The van der Waals surface area contributed by atoms with E-state index in [0.717, 1.165) is 17.7 Å². The number of benzene rings is 2. The quantitative estimate of drug-likeness (QED) is 0.836. The standard InChI is InChI=1S/C15H12Cl2FNO/c16-11-7-9(18)8-12(17)15(11)19-13-5-6-20-14-4-2-1-3-10(13)14/h1-4,7-8,13,19H,5-6H2. The lowest BCUT2D eigenvalue weighted by Crippen LogP contribution is -2.20. The van der Waals surface area contributed by atoms with Crippen LogP contribution in [0.1, 0.15) is 18.0 Å². The van der Waals surface area contributed by atoms with Crippen LogP contribution < -0.4 is 10.1 Å². The zero-order valence-corrected chi connectivity index (χ0v) is 12.0. The van der Waals surface area contributed by atoms with Crippen molar-refractivity contribution in [2.24, 2.45) is 0 Å². The topological polar surface area (TPSA) is 21.3 Å². The van der Waals surface area contributed by atoms with E-state index >= 15 is 0 Å². The number of fused-ring (bicyclic) bond motifs is 1. The van der Waals surface area contributed by atoms with E-state index in [2.05, 4.69) is 5.32 Å². The second-order valence-electron chi connectivity index (χ2n) is 4.62. The van der Waals surface area contributed by atoms with E-state index in [1.165, 1.54) is 12.1 Å². The second kappa shape index (κ2) is 5.51. The Bertz CT molecular complexity index is 625. The number of halogens is 3. The van der Waals surface area contributed by atoms with Gasteiger partial charge in [0.05, 0.1) is 28.4 Å².